The van der Waals surface area contributed by atoms with Crippen molar-refractivity contribution in [2.45, 2.75) is 31.3 Å². The van der Waals surface area contributed by atoms with Gasteiger partial charge >= 0.3 is 5.97 Å². The molecule has 1 aromatic heterocycles. The molecule has 3 aromatic rings. The fourth-order valence-corrected chi connectivity index (χ4v) is 3.83. The van der Waals surface area contributed by atoms with Gasteiger partial charge in [-0.3, -0.25) is 0 Å². The summed E-state index contributed by atoms with van der Waals surface area (Å²) >= 11 is 1.49. The Bertz CT molecular complexity index is 934. The number of imidazole rings is 1. The molecule has 0 aliphatic carbocycles. The molecule has 0 aliphatic rings. The first-order valence-corrected chi connectivity index (χ1v) is 9.02. The van der Waals surface area contributed by atoms with Crippen molar-refractivity contribution in [2.75, 3.05) is 6.61 Å². The first-order chi connectivity index (χ1) is 12.0. The van der Waals surface area contributed by atoms with Gasteiger partial charge in [-0.1, -0.05) is 30.0 Å². The van der Waals surface area contributed by atoms with Crippen LogP contribution >= 0.6 is 11.8 Å². The number of carbonyl (C=O) groups is 1. The van der Waals surface area contributed by atoms with Crippen LogP contribution in [0, 0.1) is 13.8 Å². The van der Waals surface area contributed by atoms with E-state index in [1.807, 2.05) is 22.8 Å². The van der Waals surface area contributed by atoms with Gasteiger partial charge in [0.05, 0.1) is 23.2 Å². The number of hydrogen-bond acceptors (Lipinski definition) is 4. The molecule has 2 N–H and O–H groups in total. The molecular weight excluding hydrogens is 336 g/mol. The number of aliphatic hydroxyl groups excluding tert-OH is 1. The Morgan fingerprint density at radius 1 is 1.20 bits per heavy atom. The van der Waals surface area contributed by atoms with Crippen molar-refractivity contribution in [1.82, 2.24) is 9.55 Å². The van der Waals surface area contributed by atoms with E-state index in [-0.39, 0.29) is 6.61 Å². The lowest BCUT2D eigenvalue weighted by Crippen LogP contribution is -2.05. The van der Waals surface area contributed by atoms with Crippen molar-refractivity contribution < 1.29 is 15.0 Å². The zero-order valence-electron chi connectivity index (χ0n) is 14.2. The van der Waals surface area contributed by atoms with Crippen LogP contribution in [0.15, 0.2) is 41.6 Å². The molecule has 0 fully saturated rings. The maximum absolute atomic E-state index is 11.4. The molecule has 0 bridgehead atoms. The van der Waals surface area contributed by atoms with Crippen LogP contribution in [0.25, 0.3) is 11.0 Å². The number of aryl methyl sites for hydroxylation is 2. The van der Waals surface area contributed by atoms with Crippen molar-refractivity contribution >= 4 is 28.8 Å². The highest BCUT2D eigenvalue weighted by molar-refractivity contribution is 7.98. The van der Waals surface area contributed by atoms with E-state index < -0.39 is 5.97 Å². The first kappa shape index (κ1) is 17.5. The number of benzene rings is 2. The number of carboxylic acids is 1. The molecule has 6 heteroatoms. The molecule has 2 aromatic carbocycles. The minimum Gasteiger partial charge on any atom is -0.478 e. The van der Waals surface area contributed by atoms with Crippen LogP contribution in [0.5, 0.6) is 0 Å². The SMILES string of the molecule is Cc1cc2nc(SCc3ccccc3C(=O)O)n(CCO)c2cc1C. The molecule has 0 spiro atoms. The number of aromatic nitrogens is 2. The number of aliphatic hydroxyl groups is 1. The lowest BCUT2D eigenvalue weighted by atomic mass is 10.1. The van der Waals surface area contributed by atoms with Gasteiger partial charge in [0, 0.05) is 12.3 Å². The zero-order chi connectivity index (χ0) is 18.0. The topological polar surface area (TPSA) is 75.3 Å². The molecule has 0 radical (unpaired) electrons. The lowest BCUT2D eigenvalue weighted by molar-refractivity contribution is 0.0696. The van der Waals surface area contributed by atoms with Crippen molar-refractivity contribution in [3.05, 3.63) is 58.7 Å². The summed E-state index contributed by atoms with van der Waals surface area (Å²) < 4.78 is 2.00. The lowest BCUT2D eigenvalue weighted by Gasteiger charge is -2.09. The van der Waals surface area contributed by atoms with E-state index in [9.17, 15) is 15.0 Å². The molecule has 0 amide bonds. The van der Waals surface area contributed by atoms with E-state index in [1.54, 1.807) is 12.1 Å². The minimum absolute atomic E-state index is 0.0255. The minimum atomic E-state index is -0.925. The largest absolute Gasteiger partial charge is 0.478 e. The predicted molar refractivity (Wildman–Crippen MR) is 99.3 cm³/mol. The molecule has 1 heterocycles. The van der Waals surface area contributed by atoms with Gasteiger partial charge in [-0.05, 0) is 48.7 Å². The van der Waals surface area contributed by atoms with Gasteiger partial charge < -0.3 is 14.8 Å². The summed E-state index contributed by atoms with van der Waals surface area (Å²) in [5.41, 5.74) is 5.31. The Labute approximate surface area is 150 Å². The number of carboxylic acid groups (broad SMARTS) is 1. The van der Waals surface area contributed by atoms with E-state index in [0.29, 0.717) is 17.9 Å². The summed E-state index contributed by atoms with van der Waals surface area (Å²) in [4.78, 5) is 16.0. The second kappa shape index (κ2) is 7.29. The molecule has 0 unspecified atom stereocenters. The molecule has 3 rings (SSSR count). The van der Waals surface area contributed by atoms with Crippen molar-refractivity contribution in [1.29, 1.82) is 0 Å². The highest BCUT2D eigenvalue weighted by atomic mass is 32.2. The van der Waals surface area contributed by atoms with Crippen LogP contribution in [0.1, 0.15) is 27.0 Å². The molecule has 0 atom stereocenters. The van der Waals surface area contributed by atoms with Crippen LogP contribution in [-0.2, 0) is 12.3 Å². The van der Waals surface area contributed by atoms with Gasteiger partial charge in [-0.2, -0.15) is 0 Å². The number of nitrogens with zero attached hydrogens (tertiary/aromatic N) is 2. The fraction of sp³-hybridized carbons (Fsp3) is 0.263. The maximum atomic E-state index is 11.4. The number of fused-ring (bicyclic) bond motifs is 1. The van der Waals surface area contributed by atoms with E-state index >= 15 is 0 Å². The quantitative estimate of drug-likeness (QED) is 0.660. The first-order valence-electron chi connectivity index (χ1n) is 8.03. The molecule has 0 saturated heterocycles. The van der Waals surface area contributed by atoms with Crippen LogP contribution < -0.4 is 0 Å². The van der Waals surface area contributed by atoms with Crippen molar-refractivity contribution in [3.8, 4) is 0 Å². The summed E-state index contributed by atoms with van der Waals surface area (Å²) in [6.45, 7) is 4.59. The van der Waals surface area contributed by atoms with Gasteiger partial charge in [0.1, 0.15) is 0 Å². The normalized spacial score (nSPS) is 11.2. The number of aromatic carboxylic acids is 1. The monoisotopic (exact) mass is 356 g/mol. The number of hydrogen-bond donors (Lipinski definition) is 2. The van der Waals surface area contributed by atoms with Crippen molar-refractivity contribution in [2.24, 2.45) is 0 Å². The fourth-order valence-electron chi connectivity index (χ4n) is 2.78. The average Bonchev–Trinajstić information content (AvgIpc) is 2.91. The number of rotatable bonds is 6. The Kier molecular flexibility index (Phi) is 5.11. The van der Waals surface area contributed by atoms with Gasteiger partial charge in [0.15, 0.2) is 5.16 Å². The van der Waals surface area contributed by atoms with Crippen LogP contribution in [0.4, 0.5) is 0 Å². The zero-order valence-corrected chi connectivity index (χ0v) is 15.0. The van der Waals surface area contributed by atoms with Gasteiger partial charge in [-0.25, -0.2) is 9.78 Å². The average molecular weight is 356 g/mol. The van der Waals surface area contributed by atoms with Crippen molar-refractivity contribution in [3.63, 3.8) is 0 Å². The van der Waals surface area contributed by atoms with Gasteiger partial charge in [0.25, 0.3) is 0 Å². The highest BCUT2D eigenvalue weighted by Crippen LogP contribution is 2.29. The standard InChI is InChI=1S/C19H20N2O3S/c1-12-9-16-17(10-13(12)2)21(7-8-22)19(20-16)25-11-14-5-3-4-6-15(14)18(23)24/h3-6,9-10,22H,7-8,11H2,1-2H3,(H,23,24). The summed E-state index contributed by atoms with van der Waals surface area (Å²) in [5.74, 6) is -0.416. The Balaban J connectivity index is 1.96. The second-order valence-corrected chi connectivity index (χ2v) is 6.89. The predicted octanol–water partition coefficient (Wildman–Crippen LogP) is 3.64. The molecular formula is C19H20N2O3S. The third-order valence-electron chi connectivity index (χ3n) is 4.26. The summed E-state index contributed by atoms with van der Waals surface area (Å²) in [7, 11) is 0. The van der Waals surface area contributed by atoms with E-state index in [0.717, 1.165) is 21.8 Å². The van der Waals surface area contributed by atoms with Gasteiger partial charge in [0.2, 0.25) is 0 Å². The molecule has 0 saturated carbocycles. The molecule has 0 aliphatic heterocycles. The summed E-state index contributed by atoms with van der Waals surface area (Å²) in [6.07, 6.45) is 0. The van der Waals surface area contributed by atoms with Crippen LogP contribution in [0.3, 0.4) is 0 Å². The Morgan fingerprint density at radius 3 is 2.64 bits per heavy atom. The van der Waals surface area contributed by atoms with Crippen LogP contribution in [-0.4, -0.2) is 32.3 Å². The summed E-state index contributed by atoms with van der Waals surface area (Å²) in [5, 5.41) is 19.5. The number of thioether (sulfide) groups is 1. The van der Waals surface area contributed by atoms with E-state index in [2.05, 4.69) is 19.9 Å². The Hall–Kier alpha value is -2.31. The van der Waals surface area contributed by atoms with Gasteiger partial charge in [-0.15, -0.1) is 0 Å². The van der Waals surface area contributed by atoms with Crippen LogP contribution in [0.2, 0.25) is 0 Å². The summed E-state index contributed by atoms with van der Waals surface area (Å²) in [6, 6.07) is 11.1. The molecule has 5 nitrogen and oxygen atoms in total. The second-order valence-electron chi connectivity index (χ2n) is 5.95. The maximum Gasteiger partial charge on any atom is 0.335 e. The van der Waals surface area contributed by atoms with E-state index in [1.165, 1.54) is 22.9 Å². The molecule has 130 valence electrons. The third kappa shape index (κ3) is 3.55. The van der Waals surface area contributed by atoms with E-state index in [4.69, 9.17) is 4.98 Å². The molecule has 25 heavy (non-hydrogen) atoms. The highest BCUT2D eigenvalue weighted by Gasteiger charge is 2.14. The smallest absolute Gasteiger partial charge is 0.335 e. The third-order valence-corrected chi connectivity index (χ3v) is 5.28. The Morgan fingerprint density at radius 2 is 1.92 bits per heavy atom.